The van der Waals surface area contributed by atoms with Crippen molar-refractivity contribution in [3.05, 3.63) is 60.2 Å². The normalized spacial score (nSPS) is 9.14. The Labute approximate surface area is 145 Å². The molecule has 2 aromatic rings. The summed E-state index contributed by atoms with van der Waals surface area (Å²) in [6.07, 6.45) is 5.34. The third kappa shape index (κ3) is 6.11. The Bertz CT molecular complexity index is 540. The number of hydrogen-bond donors (Lipinski definition) is 1. The van der Waals surface area contributed by atoms with Gasteiger partial charge >= 0.3 is 25.2 Å². The summed E-state index contributed by atoms with van der Waals surface area (Å²) in [4.78, 5) is 8.60. The van der Waals surface area contributed by atoms with Gasteiger partial charge in [0.15, 0.2) is 4.32 Å². The summed E-state index contributed by atoms with van der Waals surface area (Å²) in [6, 6.07) is 11.3. The van der Waals surface area contributed by atoms with Crippen molar-refractivity contribution in [1.29, 1.82) is 0 Å². The predicted molar refractivity (Wildman–Crippen MR) is 89.2 cm³/mol. The SMILES string of the molecule is CSC(=S)NN=C(c1ccccn1)c1ccccn1.[Cl][Cu]. The molecule has 0 bridgehead atoms. The Morgan fingerprint density at radius 2 is 1.67 bits per heavy atom. The number of pyridine rings is 2. The van der Waals surface area contributed by atoms with E-state index in [1.165, 1.54) is 11.8 Å². The Kier molecular flexibility index (Phi) is 9.21. The van der Waals surface area contributed by atoms with Crippen LogP contribution < -0.4 is 5.43 Å². The van der Waals surface area contributed by atoms with Crippen molar-refractivity contribution in [3.8, 4) is 0 Å². The average molecular weight is 387 g/mol. The zero-order chi connectivity index (χ0) is 15.5. The van der Waals surface area contributed by atoms with Crippen LogP contribution in [0.4, 0.5) is 0 Å². The van der Waals surface area contributed by atoms with Crippen molar-refractivity contribution < 1.29 is 15.1 Å². The van der Waals surface area contributed by atoms with Crippen LogP contribution in [0.5, 0.6) is 0 Å². The molecule has 0 saturated heterocycles. The number of nitrogens with zero attached hydrogens (tertiary/aromatic N) is 3. The van der Waals surface area contributed by atoms with E-state index in [9.17, 15) is 0 Å². The minimum absolute atomic E-state index is 0.601. The van der Waals surface area contributed by atoms with E-state index in [-0.39, 0.29) is 0 Å². The molecule has 4 nitrogen and oxygen atoms in total. The number of hydrogen-bond acceptors (Lipinski definition) is 5. The molecule has 0 fully saturated rings. The van der Waals surface area contributed by atoms with Crippen LogP contribution >= 0.6 is 34.1 Å². The van der Waals surface area contributed by atoms with Gasteiger partial charge in [-0.3, -0.25) is 15.4 Å². The van der Waals surface area contributed by atoms with Crippen LogP contribution in [0, 0.1) is 0 Å². The van der Waals surface area contributed by atoms with Crippen LogP contribution in [0.3, 0.4) is 0 Å². The maximum absolute atomic E-state index is 5.08. The second-order valence-electron chi connectivity index (χ2n) is 3.49. The molecule has 0 unspecified atom stereocenters. The van der Waals surface area contributed by atoms with Crippen molar-refractivity contribution in [2.24, 2.45) is 5.10 Å². The van der Waals surface area contributed by atoms with Crippen LogP contribution in [0.2, 0.25) is 0 Å². The molecule has 0 aliphatic heterocycles. The van der Waals surface area contributed by atoms with Crippen molar-refractivity contribution in [2.45, 2.75) is 0 Å². The van der Waals surface area contributed by atoms with Crippen molar-refractivity contribution in [1.82, 2.24) is 15.4 Å². The van der Waals surface area contributed by atoms with E-state index in [0.29, 0.717) is 10.0 Å². The number of aromatic nitrogens is 2. The van der Waals surface area contributed by atoms with Gasteiger partial charge in [-0.05, 0) is 30.5 Å². The van der Waals surface area contributed by atoms with E-state index in [0.717, 1.165) is 11.4 Å². The molecule has 8 heteroatoms. The van der Waals surface area contributed by atoms with E-state index in [1.54, 1.807) is 12.4 Å². The summed E-state index contributed by atoms with van der Waals surface area (Å²) in [7, 11) is 4.20. The van der Waals surface area contributed by atoms with Crippen LogP contribution in [-0.2, 0) is 15.1 Å². The third-order valence-electron chi connectivity index (χ3n) is 2.26. The fraction of sp³-hybridized carbons (Fsp3) is 0.0769. The molecular formula is C13H12ClCuN4S2. The number of thioether (sulfide) groups is 1. The van der Waals surface area contributed by atoms with E-state index >= 15 is 0 Å². The molecule has 0 aliphatic rings. The molecule has 0 aromatic carbocycles. The number of rotatable bonds is 3. The second-order valence-corrected chi connectivity index (χ2v) is 4.98. The molecule has 0 spiro atoms. The molecule has 2 rings (SSSR count). The van der Waals surface area contributed by atoms with Crippen molar-refractivity contribution in [2.75, 3.05) is 6.26 Å². The zero-order valence-corrected chi connectivity index (χ0v) is 14.3. The van der Waals surface area contributed by atoms with Gasteiger partial charge in [0.1, 0.15) is 5.71 Å². The molecule has 2 heterocycles. The monoisotopic (exact) mass is 386 g/mol. The first kappa shape index (κ1) is 18.1. The topological polar surface area (TPSA) is 50.2 Å². The maximum atomic E-state index is 5.08. The molecule has 0 saturated carbocycles. The van der Waals surface area contributed by atoms with Crippen molar-refractivity contribution in [3.63, 3.8) is 0 Å². The third-order valence-corrected chi connectivity index (χ3v) is 3.31. The molecule has 0 atom stereocenters. The van der Waals surface area contributed by atoms with Gasteiger partial charge in [0, 0.05) is 12.4 Å². The molecule has 21 heavy (non-hydrogen) atoms. The van der Waals surface area contributed by atoms with Crippen LogP contribution in [0.15, 0.2) is 53.9 Å². The summed E-state index contributed by atoms with van der Waals surface area (Å²) in [5, 5.41) is 4.31. The molecule has 2 aromatic heterocycles. The number of hydrazone groups is 1. The molecule has 0 amide bonds. The number of halogens is 1. The van der Waals surface area contributed by atoms with E-state index in [1.807, 2.05) is 42.7 Å². The average Bonchev–Trinajstić information content (AvgIpc) is 2.58. The predicted octanol–water partition coefficient (Wildman–Crippen LogP) is 3.15. The Morgan fingerprint density at radius 3 is 2.05 bits per heavy atom. The molecule has 0 aliphatic carbocycles. The van der Waals surface area contributed by atoms with Gasteiger partial charge in [-0.25, -0.2) is 0 Å². The van der Waals surface area contributed by atoms with E-state index in [4.69, 9.17) is 12.2 Å². The first-order chi connectivity index (χ1) is 10.3. The van der Waals surface area contributed by atoms with Crippen LogP contribution in [0.25, 0.3) is 0 Å². The first-order valence-electron chi connectivity index (χ1n) is 5.67. The van der Waals surface area contributed by atoms with Gasteiger partial charge in [-0.1, -0.05) is 36.1 Å². The summed E-state index contributed by atoms with van der Waals surface area (Å²) >= 11 is 10.2. The van der Waals surface area contributed by atoms with Gasteiger partial charge in [-0.2, -0.15) is 5.10 Å². The molecular weight excluding hydrogens is 375 g/mol. The number of nitrogens with one attached hydrogen (secondary N) is 1. The first-order valence-corrected chi connectivity index (χ1v) is 8.60. The second kappa shape index (κ2) is 10.7. The quantitative estimate of drug-likeness (QED) is 0.380. The molecule has 1 N–H and O–H groups in total. The fourth-order valence-corrected chi connectivity index (χ4v) is 1.58. The summed E-state index contributed by atoms with van der Waals surface area (Å²) in [6.45, 7) is 0. The summed E-state index contributed by atoms with van der Waals surface area (Å²) in [5.41, 5.74) is 4.99. The summed E-state index contributed by atoms with van der Waals surface area (Å²) < 4.78 is 0.601. The molecule has 0 radical (unpaired) electrons. The van der Waals surface area contributed by atoms with Crippen LogP contribution in [-0.4, -0.2) is 26.3 Å². The minimum atomic E-state index is 0.601. The Balaban J connectivity index is 0.00000106. The van der Waals surface area contributed by atoms with Crippen molar-refractivity contribution >= 4 is 44.1 Å². The van der Waals surface area contributed by atoms with Gasteiger partial charge in [0.05, 0.1) is 11.4 Å². The zero-order valence-electron chi connectivity index (χ0n) is 11.0. The fourth-order valence-electron chi connectivity index (χ4n) is 1.40. The van der Waals surface area contributed by atoms with Gasteiger partial charge in [0.2, 0.25) is 0 Å². The van der Waals surface area contributed by atoms with E-state index in [2.05, 4.69) is 45.7 Å². The van der Waals surface area contributed by atoms with Gasteiger partial charge in [0.25, 0.3) is 0 Å². The van der Waals surface area contributed by atoms with Crippen LogP contribution in [0.1, 0.15) is 11.4 Å². The number of thiocarbonyl (C=S) groups is 1. The molecule has 114 valence electrons. The summed E-state index contributed by atoms with van der Waals surface area (Å²) in [5.74, 6) is 0. The Morgan fingerprint density at radius 1 is 1.14 bits per heavy atom. The van der Waals surface area contributed by atoms with Gasteiger partial charge < -0.3 is 0 Å². The standard InChI is InChI=1S/C13H12N4S2.ClH.Cu/c1-19-13(18)17-16-12(10-6-2-4-8-14-10)11-7-3-5-9-15-11;;/h2-9H,1H3,(H,17,18);1H;/q;;+1/p-1. The Hall–Kier alpha value is -0.981. The van der Waals surface area contributed by atoms with Gasteiger partial charge in [-0.15, -0.1) is 0 Å². The van der Waals surface area contributed by atoms with E-state index < -0.39 is 0 Å².